The first kappa shape index (κ1) is 18.1. The lowest BCUT2D eigenvalue weighted by molar-refractivity contribution is -0.136. The molecule has 0 saturated heterocycles. The normalized spacial score (nSPS) is 12.3. The number of hydrogen-bond donors (Lipinski definition) is 2. The number of hydrogen-bond acceptors (Lipinski definition) is 5. The molecule has 0 amide bonds. The molecule has 0 aromatic carbocycles. The first-order valence-electron chi connectivity index (χ1n) is 6.10. The molecule has 0 rings (SSSR count). The quantitative estimate of drug-likeness (QED) is 0.547. The van der Waals surface area contributed by atoms with Crippen molar-refractivity contribution in [3.63, 3.8) is 0 Å². The molecule has 19 heavy (non-hydrogen) atoms. The highest BCUT2D eigenvalue weighted by molar-refractivity contribution is 7.94. The first-order chi connectivity index (χ1) is 8.68. The number of sulfone groups is 1. The molecule has 0 aliphatic heterocycles. The van der Waals surface area contributed by atoms with E-state index in [1.54, 1.807) is 0 Å². The van der Waals surface area contributed by atoms with Crippen LogP contribution in [0.15, 0.2) is 12.0 Å². The summed E-state index contributed by atoms with van der Waals surface area (Å²) >= 11 is 0. The standard InChI is InChI=1S/C12H23NO5S/c1-4-19(16,17)10-9-18-12(2,3)6-8-13-7-5-11(14)15/h4,13H,1,5-10H2,2-3H3,(H,14,15). The van der Waals surface area contributed by atoms with Crippen molar-refractivity contribution in [2.24, 2.45) is 0 Å². The van der Waals surface area contributed by atoms with Crippen LogP contribution in [0.25, 0.3) is 0 Å². The largest absolute Gasteiger partial charge is 0.481 e. The van der Waals surface area contributed by atoms with Crippen molar-refractivity contribution in [1.82, 2.24) is 5.32 Å². The van der Waals surface area contributed by atoms with E-state index in [9.17, 15) is 13.2 Å². The van der Waals surface area contributed by atoms with Gasteiger partial charge in [-0.2, -0.15) is 0 Å². The average Bonchev–Trinajstić information content (AvgIpc) is 2.27. The maximum atomic E-state index is 11.2. The minimum Gasteiger partial charge on any atom is -0.481 e. The third-order valence-corrected chi connectivity index (χ3v) is 3.78. The van der Waals surface area contributed by atoms with Gasteiger partial charge in [-0.15, -0.1) is 0 Å². The first-order valence-corrected chi connectivity index (χ1v) is 7.82. The van der Waals surface area contributed by atoms with E-state index in [1.165, 1.54) is 0 Å². The van der Waals surface area contributed by atoms with Crippen LogP contribution in [0.1, 0.15) is 26.7 Å². The Hall–Kier alpha value is -0.920. The minimum absolute atomic E-state index is 0.0770. The third-order valence-electron chi connectivity index (χ3n) is 2.53. The van der Waals surface area contributed by atoms with E-state index in [-0.39, 0.29) is 18.8 Å². The highest BCUT2D eigenvalue weighted by atomic mass is 32.2. The summed E-state index contributed by atoms with van der Waals surface area (Å²) in [4.78, 5) is 10.3. The monoisotopic (exact) mass is 293 g/mol. The zero-order valence-electron chi connectivity index (χ0n) is 11.5. The Morgan fingerprint density at radius 2 is 2.05 bits per heavy atom. The second-order valence-electron chi connectivity index (χ2n) is 4.79. The van der Waals surface area contributed by atoms with Gasteiger partial charge < -0.3 is 15.2 Å². The molecule has 0 fully saturated rings. The lowest BCUT2D eigenvalue weighted by Crippen LogP contribution is -2.32. The van der Waals surface area contributed by atoms with Crippen molar-refractivity contribution in [1.29, 1.82) is 0 Å². The zero-order valence-corrected chi connectivity index (χ0v) is 12.3. The van der Waals surface area contributed by atoms with Gasteiger partial charge in [-0.25, -0.2) is 8.42 Å². The number of ether oxygens (including phenoxy) is 1. The lowest BCUT2D eigenvalue weighted by Gasteiger charge is -2.25. The molecule has 0 aliphatic rings. The fraction of sp³-hybridized carbons (Fsp3) is 0.750. The molecule has 112 valence electrons. The summed E-state index contributed by atoms with van der Waals surface area (Å²) < 4.78 is 27.9. The van der Waals surface area contributed by atoms with Gasteiger partial charge in [0.1, 0.15) is 0 Å². The molecule has 0 bridgehead atoms. The van der Waals surface area contributed by atoms with E-state index in [4.69, 9.17) is 9.84 Å². The summed E-state index contributed by atoms with van der Waals surface area (Å²) in [6.07, 6.45) is 0.750. The molecule has 0 heterocycles. The number of carboxylic acid groups (broad SMARTS) is 1. The van der Waals surface area contributed by atoms with Crippen molar-refractivity contribution >= 4 is 15.8 Å². The van der Waals surface area contributed by atoms with Crippen LogP contribution < -0.4 is 5.32 Å². The van der Waals surface area contributed by atoms with Crippen LogP contribution in [-0.4, -0.2) is 50.5 Å². The fourth-order valence-electron chi connectivity index (χ4n) is 1.30. The lowest BCUT2D eigenvalue weighted by atomic mass is 10.1. The Labute approximate surface area is 114 Å². The zero-order chi connectivity index (χ0) is 14.9. The summed E-state index contributed by atoms with van der Waals surface area (Å²) in [5.74, 6) is -0.913. The SMILES string of the molecule is C=CS(=O)(=O)CCOC(C)(C)CCNCCC(=O)O. The molecule has 0 unspecified atom stereocenters. The molecular formula is C12H23NO5S. The van der Waals surface area contributed by atoms with Gasteiger partial charge in [-0.1, -0.05) is 6.58 Å². The van der Waals surface area contributed by atoms with Crippen molar-refractivity contribution in [3.05, 3.63) is 12.0 Å². The number of carbonyl (C=O) groups is 1. The van der Waals surface area contributed by atoms with Gasteiger partial charge in [0.05, 0.1) is 24.4 Å². The second kappa shape index (κ2) is 8.29. The highest BCUT2D eigenvalue weighted by Crippen LogP contribution is 2.13. The van der Waals surface area contributed by atoms with Gasteiger partial charge in [0, 0.05) is 12.0 Å². The van der Waals surface area contributed by atoms with E-state index in [2.05, 4.69) is 11.9 Å². The predicted octanol–water partition coefficient (Wildman–Crippen LogP) is 0.794. The Morgan fingerprint density at radius 3 is 2.58 bits per heavy atom. The molecule has 0 radical (unpaired) electrons. The van der Waals surface area contributed by atoms with Crippen molar-refractivity contribution < 1.29 is 23.1 Å². The smallest absolute Gasteiger partial charge is 0.304 e. The Balaban J connectivity index is 3.80. The van der Waals surface area contributed by atoms with Crippen molar-refractivity contribution in [2.45, 2.75) is 32.3 Å². The van der Waals surface area contributed by atoms with Crippen LogP contribution in [0.2, 0.25) is 0 Å². The summed E-state index contributed by atoms with van der Waals surface area (Å²) in [5.41, 5.74) is -0.451. The van der Waals surface area contributed by atoms with Gasteiger partial charge in [0.25, 0.3) is 0 Å². The van der Waals surface area contributed by atoms with Crippen molar-refractivity contribution in [3.8, 4) is 0 Å². The third kappa shape index (κ3) is 10.7. The van der Waals surface area contributed by atoms with E-state index in [1.807, 2.05) is 13.8 Å². The maximum absolute atomic E-state index is 11.2. The average molecular weight is 293 g/mol. The molecule has 0 spiro atoms. The summed E-state index contributed by atoms with van der Waals surface area (Å²) in [5, 5.41) is 12.4. The number of carboxylic acids is 1. The molecule has 0 atom stereocenters. The van der Waals surface area contributed by atoms with Crippen LogP contribution in [0.3, 0.4) is 0 Å². The second-order valence-corrected chi connectivity index (χ2v) is 6.85. The van der Waals surface area contributed by atoms with Crippen LogP contribution in [0, 0.1) is 0 Å². The van der Waals surface area contributed by atoms with Gasteiger partial charge in [0.15, 0.2) is 9.84 Å². The highest BCUT2D eigenvalue weighted by Gasteiger charge is 2.18. The predicted molar refractivity (Wildman–Crippen MR) is 73.8 cm³/mol. The van der Waals surface area contributed by atoms with E-state index in [0.717, 1.165) is 5.41 Å². The van der Waals surface area contributed by atoms with Gasteiger partial charge in [0.2, 0.25) is 0 Å². The number of rotatable bonds is 11. The summed E-state index contributed by atoms with van der Waals surface area (Å²) in [6, 6.07) is 0. The van der Waals surface area contributed by atoms with Crippen LogP contribution in [0.4, 0.5) is 0 Å². The molecular weight excluding hydrogens is 270 g/mol. The summed E-state index contributed by atoms with van der Waals surface area (Å²) in [6.45, 7) is 8.12. The van der Waals surface area contributed by atoms with Crippen molar-refractivity contribution in [2.75, 3.05) is 25.4 Å². The Bertz CT molecular complexity index is 389. The molecule has 0 saturated carbocycles. The van der Waals surface area contributed by atoms with Gasteiger partial charge in [-0.05, 0) is 26.8 Å². The minimum atomic E-state index is -3.22. The van der Waals surface area contributed by atoms with Gasteiger partial charge in [-0.3, -0.25) is 4.79 Å². The Kier molecular flexibility index (Phi) is 7.89. The van der Waals surface area contributed by atoms with E-state index >= 15 is 0 Å². The molecule has 7 heteroatoms. The van der Waals surface area contributed by atoms with Gasteiger partial charge >= 0.3 is 5.97 Å². The maximum Gasteiger partial charge on any atom is 0.304 e. The van der Waals surface area contributed by atoms with Crippen LogP contribution >= 0.6 is 0 Å². The van der Waals surface area contributed by atoms with E-state index in [0.29, 0.717) is 19.5 Å². The number of aliphatic carboxylic acids is 1. The van der Waals surface area contributed by atoms with Crippen LogP contribution in [0.5, 0.6) is 0 Å². The molecule has 0 aromatic heterocycles. The molecule has 6 nitrogen and oxygen atoms in total. The fourth-order valence-corrected chi connectivity index (χ4v) is 1.78. The molecule has 0 aliphatic carbocycles. The topological polar surface area (TPSA) is 92.7 Å². The molecule has 2 N–H and O–H groups in total. The summed E-state index contributed by atoms with van der Waals surface area (Å²) in [7, 11) is -3.22. The van der Waals surface area contributed by atoms with Crippen LogP contribution in [-0.2, 0) is 19.4 Å². The molecule has 0 aromatic rings. The Morgan fingerprint density at radius 1 is 1.42 bits per heavy atom. The number of nitrogens with one attached hydrogen (secondary N) is 1. The van der Waals surface area contributed by atoms with E-state index < -0.39 is 21.4 Å².